The largest absolute Gasteiger partial charge is 0.460 e. The zero-order valence-electron chi connectivity index (χ0n) is 16.4. The smallest absolute Gasteiger partial charge is 0.330 e. The van der Waals surface area contributed by atoms with Gasteiger partial charge in [-0.25, -0.2) is 4.79 Å². The van der Waals surface area contributed by atoms with E-state index in [2.05, 4.69) is 52.5 Å². The Hall–Kier alpha value is 0.867. The number of unbranched alkanes of at least 4 members (excludes halogenated alkanes) is 12. The first-order valence-electron chi connectivity index (χ1n) is 10.2. The Morgan fingerprint density at radius 1 is 0.846 bits per heavy atom. The summed E-state index contributed by atoms with van der Waals surface area (Å²) in [6.07, 6.45) is 19.7. The van der Waals surface area contributed by atoms with E-state index in [1.54, 1.807) is 0 Å². The molecule has 1 atom stereocenters. The van der Waals surface area contributed by atoms with Crippen molar-refractivity contribution in [3.05, 3.63) is 12.7 Å². The number of carbonyl (C=O) groups excluding carboxylic acids is 1. The molecule has 26 heavy (non-hydrogen) atoms. The highest BCUT2D eigenvalue weighted by molar-refractivity contribution is 9.72. The van der Waals surface area contributed by atoms with Crippen LogP contribution in [0.15, 0.2) is 12.7 Å². The first kappa shape index (κ1) is 26.9. The minimum atomic E-state index is -1.36. The standard InChI is InChI=1S/C20H37Br3O2Si/c1-3-20(24)25-19(2)17-15-13-11-9-7-5-4-6-8-10-12-14-16-18-26(21,22)23/h3,19H,1,4-18H2,2H3. The van der Waals surface area contributed by atoms with Gasteiger partial charge in [0.2, 0.25) is 0 Å². The molecule has 0 aromatic rings. The van der Waals surface area contributed by atoms with E-state index in [-0.39, 0.29) is 12.1 Å². The van der Waals surface area contributed by atoms with Gasteiger partial charge in [0, 0.05) is 6.08 Å². The maximum atomic E-state index is 11.1. The molecule has 6 heteroatoms. The van der Waals surface area contributed by atoms with Crippen LogP contribution < -0.4 is 0 Å². The van der Waals surface area contributed by atoms with Crippen LogP contribution >= 0.6 is 45.9 Å². The number of carbonyl (C=O) groups is 1. The van der Waals surface area contributed by atoms with Crippen LogP contribution in [-0.2, 0) is 9.53 Å². The predicted molar refractivity (Wildman–Crippen MR) is 128 cm³/mol. The van der Waals surface area contributed by atoms with Gasteiger partial charge in [-0.05, 0) is 25.8 Å². The molecule has 0 fully saturated rings. The first-order valence-corrected chi connectivity index (χ1v) is 19.2. The van der Waals surface area contributed by atoms with Crippen molar-refractivity contribution in [2.24, 2.45) is 0 Å². The van der Waals surface area contributed by atoms with Crippen LogP contribution in [0.25, 0.3) is 0 Å². The number of halogens is 3. The molecule has 0 N–H and O–H groups in total. The zero-order valence-corrected chi connectivity index (χ0v) is 22.2. The van der Waals surface area contributed by atoms with Crippen molar-refractivity contribution in [3.8, 4) is 0 Å². The molecule has 1 unspecified atom stereocenters. The average molecular weight is 577 g/mol. The van der Waals surface area contributed by atoms with Gasteiger partial charge in [0.15, 0.2) is 0 Å². The fourth-order valence-corrected chi connectivity index (χ4v) is 6.18. The molecule has 0 aromatic carbocycles. The van der Waals surface area contributed by atoms with Gasteiger partial charge in [-0.15, -0.1) is 0 Å². The van der Waals surface area contributed by atoms with Gasteiger partial charge in [0.25, 0.3) is 3.93 Å². The normalized spacial score (nSPS) is 12.8. The minimum Gasteiger partial charge on any atom is -0.460 e. The highest BCUT2D eigenvalue weighted by atomic mass is 80.0. The molecule has 0 amide bonds. The van der Waals surface area contributed by atoms with E-state index in [1.807, 2.05) is 6.92 Å². The van der Waals surface area contributed by atoms with E-state index in [9.17, 15) is 4.79 Å². The maximum absolute atomic E-state index is 11.1. The van der Waals surface area contributed by atoms with Crippen LogP contribution in [0.4, 0.5) is 0 Å². The van der Waals surface area contributed by atoms with Crippen molar-refractivity contribution in [1.82, 2.24) is 0 Å². The molecule has 0 spiro atoms. The molecule has 2 nitrogen and oxygen atoms in total. The first-order chi connectivity index (χ1) is 12.3. The van der Waals surface area contributed by atoms with Crippen molar-refractivity contribution in [2.45, 2.75) is 109 Å². The van der Waals surface area contributed by atoms with Crippen molar-refractivity contribution in [2.75, 3.05) is 0 Å². The van der Waals surface area contributed by atoms with Gasteiger partial charge in [-0.2, -0.15) is 0 Å². The predicted octanol–water partition coefficient (Wildman–Crippen LogP) is 8.69. The SMILES string of the molecule is C=CC(=O)OC(C)CCCCCCCCCCCCCCC[Si](Br)(Br)Br. The Labute approximate surface area is 186 Å². The molecular weight excluding hydrogens is 540 g/mol. The fourth-order valence-electron chi connectivity index (χ4n) is 3.01. The summed E-state index contributed by atoms with van der Waals surface area (Å²) in [5.41, 5.74) is 0. The lowest BCUT2D eigenvalue weighted by atomic mass is 10.0. The molecule has 0 aliphatic rings. The van der Waals surface area contributed by atoms with E-state index >= 15 is 0 Å². The van der Waals surface area contributed by atoms with Gasteiger partial charge in [-0.3, -0.25) is 0 Å². The van der Waals surface area contributed by atoms with Gasteiger partial charge >= 0.3 is 5.97 Å². The Morgan fingerprint density at radius 2 is 1.23 bits per heavy atom. The zero-order chi connectivity index (χ0) is 19.7. The average Bonchev–Trinajstić information content (AvgIpc) is 2.57. The second-order valence-electron chi connectivity index (χ2n) is 7.20. The lowest BCUT2D eigenvalue weighted by Crippen LogP contribution is -2.12. The summed E-state index contributed by atoms with van der Waals surface area (Å²) >= 11 is 11.1. The fraction of sp³-hybridized carbons (Fsp3) is 0.850. The van der Waals surface area contributed by atoms with Crippen molar-refractivity contribution >= 4 is 55.8 Å². The van der Waals surface area contributed by atoms with Crippen molar-refractivity contribution < 1.29 is 9.53 Å². The van der Waals surface area contributed by atoms with Gasteiger partial charge in [0.05, 0.1) is 6.10 Å². The lowest BCUT2D eigenvalue weighted by molar-refractivity contribution is -0.142. The van der Waals surface area contributed by atoms with E-state index in [0.717, 1.165) is 12.8 Å². The monoisotopic (exact) mass is 574 g/mol. The van der Waals surface area contributed by atoms with Crippen LogP contribution in [0.1, 0.15) is 96.8 Å². The highest BCUT2D eigenvalue weighted by Gasteiger charge is 2.20. The van der Waals surface area contributed by atoms with Crippen LogP contribution in [0.2, 0.25) is 6.04 Å². The van der Waals surface area contributed by atoms with Gasteiger partial charge in [0.1, 0.15) is 0 Å². The third-order valence-corrected chi connectivity index (χ3v) is 9.04. The topological polar surface area (TPSA) is 26.3 Å². The maximum Gasteiger partial charge on any atom is 0.330 e. The quantitative estimate of drug-likeness (QED) is 0.0536. The summed E-state index contributed by atoms with van der Waals surface area (Å²) < 4.78 is 3.81. The van der Waals surface area contributed by atoms with Crippen LogP contribution in [0, 0.1) is 0 Å². The molecule has 0 rings (SSSR count). The van der Waals surface area contributed by atoms with E-state index < -0.39 is 3.93 Å². The third-order valence-electron chi connectivity index (χ3n) is 4.55. The number of rotatable bonds is 18. The summed E-state index contributed by atoms with van der Waals surface area (Å²) in [7, 11) is 0. The Morgan fingerprint density at radius 3 is 1.62 bits per heavy atom. The molecular formula is C20H37Br3O2Si. The Bertz CT molecular complexity index is 359. The summed E-state index contributed by atoms with van der Waals surface area (Å²) in [5, 5.41) is 0. The number of esters is 1. The number of hydrogen-bond acceptors (Lipinski definition) is 2. The van der Waals surface area contributed by atoms with E-state index in [1.165, 1.54) is 89.2 Å². The van der Waals surface area contributed by atoms with Crippen LogP contribution in [-0.4, -0.2) is 16.0 Å². The number of hydrogen-bond donors (Lipinski definition) is 0. The lowest BCUT2D eigenvalue weighted by Gasteiger charge is -2.11. The third kappa shape index (κ3) is 21.2. The summed E-state index contributed by atoms with van der Waals surface area (Å²) in [5.74, 6) is -0.307. The van der Waals surface area contributed by atoms with E-state index in [0.29, 0.717) is 0 Å². The Balaban J connectivity index is 3.18. The number of ether oxygens (including phenoxy) is 1. The summed E-state index contributed by atoms with van der Waals surface area (Å²) in [4.78, 5) is 11.1. The molecule has 0 radical (unpaired) electrons. The second kappa shape index (κ2) is 17.9. The second-order valence-corrected chi connectivity index (χ2v) is 30.7. The molecule has 0 saturated heterocycles. The molecule has 0 heterocycles. The van der Waals surface area contributed by atoms with Crippen molar-refractivity contribution in [1.29, 1.82) is 0 Å². The molecule has 154 valence electrons. The molecule has 0 aliphatic heterocycles. The van der Waals surface area contributed by atoms with Gasteiger partial charge in [-0.1, -0.05) is 130 Å². The van der Waals surface area contributed by atoms with Crippen LogP contribution in [0.3, 0.4) is 0 Å². The van der Waals surface area contributed by atoms with E-state index in [4.69, 9.17) is 4.74 Å². The minimum absolute atomic E-state index is 0.0172. The molecule has 0 aromatic heterocycles. The van der Waals surface area contributed by atoms with Gasteiger partial charge < -0.3 is 4.74 Å². The molecule has 0 bridgehead atoms. The highest BCUT2D eigenvalue weighted by Crippen LogP contribution is 2.33. The Kier molecular flexibility index (Phi) is 18.5. The molecule has 0 saturated carbocycles. The van der Waals surface area contributed by atoms with Crippen molar-refractivity contribution in [3.63, 3.8) is 0 Å². The summed E-state index contributed by atoms with van der Waals surface area (Å²) in [6, 6.07) is 1.26. The van der Waals surface area contributed by atoms with Crippen LogP contribution in [0.5, 0.6) is 0 Å². The molecule has 0 aliphatic carbocycles. The summed E-state index contributed by atoms with van der Waals surface area (Å²) in [6.45, 7) is 5.38.